The highest BCUT2D eigenvalue weighted by Crippen LogP contribution is 2.14. The lowest BCUT2D eigenvalue weighted by molar-refractivity contribution is -0.883. The van der Waals surface area contributed by atoms with Gasteiger partial charge < -0.3 is 15.1 Å². The van der Waals surface area contributed by atoms with Gasteiger partial charge in [-0.15, -0.1) is 0 Å². The fraction of sp³-hybridized carbons (Fsp3) is 0.462. The molecule has 0 atom stereocenters. The Hall–Kier alpha value is -1.20. The van der Waals surface area contributed by atoms with Crippen LogP contribution in [-0.2, 0) is 0 Å². The highest BCUT2D eigenvalue weighted by molar-refractivity contribution is 7.80. The summed E-state index contributed by atoms with van der Waals surface area (Å²) in [4.78, 5) is 3.66. The van der Waals surface area contributed by atoms with Crippen molar-refractivity contribution in [2.24, 2.45) is 0 Å². The second-order valence-corrected chi connectivity index (χ2v) is 5.22. The number of halogens is 1. The van der Waals surface area contributed by atoms with Crippen LogP contribution >= 0.6 is 12.2 Å². The molecule has 0 amide bonds. The van der Waals surface area contributed by atoms with E-state index in [0.29, 0.717) is 10.7 Å². The molecule has 5 heteroatoms. The fourth-order valence-electron chi connectivity index (χ4n) is 1.96. The van der Waals surface area contributed by atoms with Gasteiger partial charge in [-0.2, -0.15) is 0 Å². The molecule has 1 saturated heterocycles. The van der Waals surface area contributed by atoms with Crippen LogP contribution in [0.15, 0.2) is 18.2 Å². The van der Waals surface area contributed by atoms with E-state index in [1.165, 1.54) is 11.0 Å². The summed E-state index contributed by atoms with van der Waals surface area (Å²) in [5.74, 6) is -0.203. The third-order valence-corrected chi connectivity index (χ3v) is 3.69. The van der Waals surface area contributed by atoms with Crippen molar-refractivity contribution in [2.75, 3.05) is 38.5 Å². The normalized spacial score (nSPS) is 16.7. The van der Waals surface area contributed by atoms with E-state index in [2.05, 4.69) is 17.3 Å². The monoisotopic (exact) mass is 268 g/mol. The SMILES string of the molecule is Cc1ccc(NC(=S)N2CC[NH+](C)CC2)cc1F. The molecule has 0 bridgehead atoms. The van der Waals surface area contributed by atoms with Crippen LogP contribution in [0.4, 0.5) is 10.1 Å². The van der Waals surface area contributed by atoms with Gasteiger partial charge in [0.2, 0.25) is 0 Å². The Bertz CT molecular complexity index is 442. The Morgan fingerprint density at radius 2 is 2.06 bits per heavy atom. The van der Waals surface area contributed by atoms with Crippen molar-refractivity contribution in [3.63, 3.8) is 0 Å². The number of nitrogens with zero attached hydrogens (tertiary/aromatic N) is 1. The average Bonchev–Trinajstić information content (AvgIpc) is 2.34. The highest BCUT2D eigenvalue weighted by atomic mass is 32.1. The van der Waals surface area contributed by atoms with Gasteiger partial charge in [-0.25, -0.2) is 4.39 Å². The topological polar surface area (TPSA) is 19.7 Å². The Morgan fingerprint density at radius 1 is 1.39 bits per heavy atom. The molecule has 18 heavy (non-hydrogen) atoms. The minimum atomic E-state index is -0.203. The number of anilines is 1. The molecule has 1 aliphatic heterocycles. The van der Waals surface area contributed by atoms with Crippen molar-refractivity contribution in [1.29, 1.82) is 0 Å². The van der Waals surface area contributed by atoms with Crippen molar-refractivity contribution < 1.29 is 9.29 Å². The number of quaternary nitrogens is 1. The van der Waals surface area contributed by atoms with Crippen LogP contribution in [0.25, 0.3) is 0 Å². The number of nitrogens with one attached hydrogen (secondary N) is 2. The zero-order valence-corrected chi connectivity index (χ0v) is 11.6. The molecule has 1 aromatic rings. The van der Waals surface area contributed by atoms with E-state index in [1.807, 2.05) is 6.07 Å². The van der Waals surface area contributed by atoms with E-state index >= 15 is 0 Å². The van der Waals surface area contributed by atoms with Crippen molar-refractivity contribution in [1.82, 2.24) is 4.90 Å². The predicted molar refractivity (Wildman–Crippen MR) is 75.6 cm³/mol. The Balaban J connectivity index is 1.96. The summed E-state index contributed by atoms with van der Waals surface area (Å²) < 4.78 is 13.4. The summed E-state index contributed by atoms with van der Waals surface area (Å²) in [5.41, 5.74) is 1.36. The first-order valence-corrected chi connectivity index (χ1v) is 6.60. The number of hydrogen-bond acceptors (Lipinski definition) is 1. The van der Waals surface area contributed by atoms with Crippen LogP contribution in [0.3, 0.4) is 0 Å². The summed E-state index contributed by atoms with van der Waals surface area (Å²) in [5, 5.41) is 3.79. The van der Waals surface area contributed by atoms with Gasteiger partial charge in [0.25, 0.3) is 0 Å². The van der Waals surface area contributed by atoms with Crippen LogP contribution in [0, 0.1) is 12.7 Å². The van der Waals surface area contributed by atoms with E-state index in [9.17, 15) is 4.39 Å². The average molecular weight is 268 g/mol. The third-order valence-electron chi connectivity index (χ3n) is 3.33. The van der Waals surface area contributed by atoms with Crippen LogP contribution in [0.1, 0.15) is 5.56 Å². The van der Waals surface area contributed by atoms with Crippen molar-refractivity contribution in [2.45, 2.75) is 6.92 Å². The summed E-state index contributed by atoms with van der Waals surface area (Å²) in [6.07, 6.45) is 0. The summed E-state index contributed by atoms with van der Waals surface area (Å²) in [6.45, 7) is 5.83. The zero-order valence-electron chi connectivity index (χ0n) is 10.8. The number of likely N-dealkylation sites (N-methyl/N-ethyl adjacent to an activating group) is 1. The van der Waals surface area contributed by atoms with E-state index in [4.69, 9.17) is 12.2 Å². The molecule has 2 N–H and O–H groups in total. The Kier molecular flexibility index (Phi) is 4.14. The molecule has 0 saturated carbocycles. The summed E-state index contributed by atoms with van der Waals surface area (Å²) >= 11 is 5.35. The molecule has 1 fully saturated rings. The van der Waals surface area contributed by atoms with Crippen LogP contribution in [0.5, 0.6) is 0 Å². The van der Waals surface area contributed by atoms with Gasteiger partial charge in [0.15, 0.2) is 5.11 Å². The molecule has 2 rings (SSSR count). The molecular weight excluding hydrogens is 249 g/mol. The largest absolute Gasteiger partial charge is 0.338 e. The van der Waals surface area contributed by atoms with Crippen molar-refractivity contribution in [3.8, 4) is 0 Å². The zero-order chi connectivity index (χ0) is 13.1. The molecule has 0 aromatic heterocycles. The maximum Gasteiger partial charge on any atom is 0.173 e. The first-order valence-electron chi connectivity index (χ1n) is 6.19. The van der Waals surface area contributed by atoms with Crippen LogP contribution < -0.4 is 10.2 Å². The van der Waals surface area contributed by atoms with Gasteiger partial charge in [0.05, 0.1) is 33.2 Å². The van der Waals surface area contributed by atoms with E-state index < -0.39 is 0 Å². The van der Waals surface area contributed by atoms with Gasteiger partial charge >= 0.3 is 0 Å². The lowest BCUT2D eigenvalue weighted by Gasteiger charge is -2.32. The van der Waals surface area contributed by atoms with Gasteiger partial charge in [-0.3, -0.25) is 0 Å². The van der Waals surface area contributed by atoms with Gasteiger partial charge in [-0.05, 0) is 36.8 Å². The smallest absolute Gasteiger partial charge is 0.173 e. The van der Waals surface area contributed by atoms with Crippen molar-refractivity contribution in [3.05, 3.63) is 29.6 Å². The van der Waals surface area contributed by atoms with Crippen LogP contribution in [0.2, 0.25) is 0 Å². The Labute approximate surface area is 113 Å². The molecular formula is C13H19FN3S+. The fourth-order valence-corrected chi connectivity index (χ4v) is 2.27. The van der Waals surface area contributed by atoms with E-state index in [0.717, 1.165) is 31.9 Å². The predicted octanol–water partition coefficient (Wildman–Crippen LogP) is 0.661. The second-order valence-electron chi connectivity index (χ2n) is 4.84. The standard InChI is InChI=1S/C13H18FN3S/c1-10-3-4-11(9-12(10)14)15-13(18)17-7-5-16(2)6-8-17/h3-4,9H,5-8H2,1-2H3,(H,15,18)/p+1. The van der Waals surface area contributed by atoms with E-state index in [1.54, 1.807) is 13.0 Å². The second kappa shape index (κ2) is 5.63. The lowest BCUT2D eigenvalue weighted by atomic mass is 10.2. The number of thiocarbonyl (C=S) groups is 1. The number of hydrogen-bond donors (Lipinski definition) is 2. The molecule has 1 aliphatic rings. The van der Waals surface area contributed by atoms with Gasteiger partial charge in [-0.1, -0.05) is 6.07 Å². The lowest BCUT2D eigenvalue weighted by Crippen LogP contribution is -3.12. The first-order chi connectivity index (χ1) is 8.56. The molecule has 0 unspecified atom stereocenters. The molecule has 0 radical (unpaired) electrons. The molecule has 0 spiro atoms. The Morgan fingerprint density at radius 3 is 2.67 bits per heavy atom. The highest BCUT2D eigenvalue weighted by Gasteiger charge is 2.18. The quantitative estimate of drug-likeness (QED) is 0.730. The van der Waals surface area contributed by atoms with E-state index in [-0.39, 0.29) is 5.82 Å². The maximum atomic E-state index is 13.4. The number of benzene rings is 1. The molecule has 3 nitrogen and oxygen atoms in total. The summed E-state index contributed by atoms with van der Waals surface area (Å²) in [6, 6.07) is 5.10. The maximum absolute atomic E-state index is 13.4. The molecule has 1 heterocycles. The summed E-state index contributed by atoms with van der Waals surface area (Å²) in [7, 11) is 2.18. The number of piperazine rings is 1. The molecule has 98 valence electrons. The van der Waals surface area contributed by atoms with Gasteiger partial charge in [0, 0.05) is 5.69 Å². The number of rotatable bonds is 1. The van der Waals surface area contributed by atoms with Crippen LogP contribution in [-0.4, -0.2) is 43.2 Å². The minimum Gasteiger partial charge on any atom is -0.338 e. The molecule has 0 aliphatic carbocycles. The van der Waals surface area contributed by atoms with Crippen molar-refractivity contribution >= 4 is 23.0 Å². The molecule has 1 aromatic carbocycles. The third kappa shape index (κ3) is 3.17. The number of aryl methyl sites for hydroxylation is 1. The first kappa shape index (κ1) is 13.2. The minimum absolute atomic E-state index is 0.203. The van der Waals surface area contributed by atoms with Gasteiger partial charge in [0.1, 0.15) is 5.82 Å².